The Morgan fingerprint density at radius 3 is 3.12 bits per heavy atom. The Labute approximate surface area is 113 Å². The average molecular weight is 319 g/mol. The molecule has 0 aromatic carbocycles. The highest BCUT2D eigenvalue weighted by molar-refractivity contribution is 9.10. The van der Waals surface area contributed by atoms with E-state index in [4.69, 9.17) is 4.74 Å². The smallest absolute Gasteiger partial charge is 0.227 e. The van der Waals surface area contributed by atoms with Gasteiger partial charge in [0.2, 0.25) is 5.91 Å². The van der Waals surface area contributed by atoms with Crippen LogP contribution in [0.2, 0.25) is 0 Å². The molecule has 94 valence electrons. The first-order valence-corrected chi connectivity index (χ1v) is 7.13. The molecule has 4 nitrogen and oxygen atoms in total. The summed E-state index contributed by atoms with van der Waals surface area (Å²) < 4.78 is 6.37. The van der Waals surface area contributed by atoms with Crippen LogP contribution < -0.4 is 10.6 Å². The molecule has 0 aliphatic carbocycles. The molecule has 17 heavy (non-hydrogen) atoms. The first kappa shape index (κ1) is 13.0. The van der Waals surface area contributed by atoms with Crippen LogP contribution in [0.5, 0.6) is 0 Å². The predicted octanol–water partition coefficient (Wildman–Crippen LogP) is 1.36. The molecule has 6 heteroatoms. The molecule has 1 aromatic heterocycles. The summed E-state index contributed by atoms with van der Waals surface area (Å²) in [4.78, 5) is 13.1. The number of hydrogen-bond donors (Lipinski definition) is 2. The Morgan fingerprint density at radius 1 is 1.65 bits per heavy atom. The van der Waals surface area contributed by atoms with Gasteiger partial charge in [-0.25, -0.2) is 0 Å². The van der Waals surface area contributed by atoms with Crippen LogP contribution in [-0.4, -0.2) is 32.2 Å². The number of amides is 1. The normalized spacial score (nSPS) is 23.9. The minimum atomic E-state index is -0.0802. The Kier molecular flexibility index (Phi) is 4.55. The SMILES string of the molecule is CNC1COCC1C(=O)NCc1cc(Br)cs1. The van der Waals surface area contributed by atoms with Crippen molar-refractivity contribution in [1.82, 2.24) is 10.6 Å². The van der Waals surface area contributed by atoms with Gasteiger partial charge < -0.3 is 15.4 Å². The van der Waals surface area contributed by atoms with E-state index in [1.807, 2.05) is 18.5 Å². The van der Waals surface area contributed by atoms with E-state index in [1.165, 1.54) is 0 Å². The van der Waals surface area contributed by atoms with E-state index >= 15 is 0 Å². The van der Waals surface area contributed by atoms with E-state index < -0.39 is 0 Å². The number of thiophene rings is 1. The van der Waals surface area contributed by atoms with Crippen molar-refractivity contribution in [2.75, 3.05) is 20.3 Å². The zero-order chi connectivity index (χ0) is 12.3. The highest BCUT2D eigenvalue weighted by Crippen LogP contribution is 2.20. The highest BCUT2D eigenvalue weighted by atomic mass is 79.9. The summed E-state index contributed by atoms with van der Waals surface area (Å²) in [6.45, 7) is 1.70. The molecule has 2 rings (SSSR count). The highest BCUT2D eigenvalue weighted by Gasteiger charge is 2.32. The fraction of sp³-hybridized carbons (Fsp3) is 0.545. The van der Waals surface area contributed by atoms with E-state index in [0.717, 1.165) is 9.35 Å². The quantitative estimate of drug-likeness (QED) is 0.881. The number of nitrogens with one attached hydrogen (secondary N) is 2. The van der Waals surface area contributed by atoms with Crippen LogP contribution in [-0.2, 0) is 16.1 Å². The van der Waals surface area contributed by atoms with E-state index in [9.17, 15) is 4.79 Å². The fourth-order valence-electron chi connectivity index (χ4n) is 1.85. The maximum absolute atomic E-state index is 12.0. The summed E-state index contributed by atoms with van der Waals surface area (Å²) in [6.07, 6.45) is 0. The van der Waals surface area contributed by atoms with E-state index in [-0.39, 0.29) is 17.9 Å². The van der Waals surface area contributed by atoms with Gasteiger partial charge in [-0.3, -0.25) is 4.79 Å². The molecule has 2 N–H and O–H groups in total. The van der Waals surface area contributed by atoms with Gasteiger partial charge >= 0.3 is 0 Å². The van der Waals surface area contributed by atoms with E-state index in [2.05, 4.69) is 26.6 Å². The van der Waals surface area contributed by atoms with Crippen molar-refractivity contribution in [3.05, 3.63) is 20.8 Å². The second kappa shape index (κ2) is 5.95. The summed E-state index contributed by atoms with van der Waals surface area (Å²) in [7, 11) is 1.86. The molecule has 1 aliphatic heterocycles. The number of ether oxygens (including phenoxy) is 1. The van der Waals surface area contributed by atoms with Gasteiger partial charge in [0, 0.05) is 20.8 Å². The molecule has 0 bridgehead atoms. The lowest BCUT2D eigenvalue weighted by Gasteiger charge is -2.15. The van der Waals surface area contributed by atoms with Gasteiger partial charge in [0.05, 0.1) is 25.7 Å². The third-order valence-electron chi connectivity index (χ3n) is 2.85. The van der Waals surface area contributed by atoms with Crippen molar-refractivity contribution in [3.63, 3.8) is 0 Å². The van der Waals surface area contributed by atoms with Gasteiger partial charge in [-0.2, -0.15) is 0 Å². The molecule has 0 spiro atoms. The van der Waals surface area contributed by atoms with Crippen LogP contribution in [0.3, 0.4) is 0 Å². The van der Waals surface area contributed by atoms with Crippen molar-refractivity contribution in [1.29, 1.82) is 0 Å². The summed E-state index contributed by atoms with van der Waals surface area (Å²) in [6, 6.07) is 2.15. The predicted molar refractivity (Wildman–Crippen MR) is 71.0 cm³/mol. The molecule has 1 aliphatic rings. The molecule has 1 aromatic rings. The Bertz CT molecular complexity index is 397. The molecule has 1 fully saturated rings. The maximum atomic E-state index is 12.0. The molecule has 2 unspecified atom stereocenters. The molecule has 0 radical (unpaired) electrons. The van der Waals surface area contributed by atoms with Crippen molar-refractivity contribution < 1.29 is 9.53 Å². The number of carbonyl (C=O) groups excluding carboxylic acids is 1. The molecule has 1 saturated heterocycles. The monoisotopic (exact) mass is 318 g/mol. The van der Waals surface area contributed by atoms with Crippen LogP contribution in [0.4, 0.5) is 0 Å². The molecule has 0 saturated carbocycles. The third kappa shape index (κ3) is 3.28. The van der Waals surface area contributed by atoms with E-state index in [0.29, 0.717) is 19.8 Å². The minimum absolute atomic E-state index is 0.0615. The van der Waals surface area contributed by atoms with Crippen molar-refractivity contribution >= 4 is 33.2 Å². The van der Waals surface area contributed by atoms with Crippen LogP contribution in [0.25, 0.3) is 0 Å². The summed E-state index contributed by atoms with van der Waals surface area (Å²) in [5.74, 6) is -0.0187. The molecular formula is C11H15BrN2O2S. The average Bonchev–Trinajstić information content (AvgIpc) is 2.94. The Balaban J connectivity index is 1.84. The standard InChI is InChI=1S/C11H15BrN2O2S/c1-13-10-5-16-4-9(10)11(15)14-3-8-2-7(12)6-17-8/h2,6,9-10,13H,3-5H2,1H3,(H,14,15). The summed E-state index contributed by atoms with van der Waals surface area (Å²) in [5.41, 5.74) is 0. The molecule has 2 atom stereocenters. The molecule has 1 amide bonds. The summed E-state index contributed by atoms with van der Waals surface area (Å²) >= 11 is 5.03. The fourth-order valence-corrected chi connectivity index (χ4v) is 3.24. The lowest BCUT2D eigenvalue weighted by atomic mass is 10.0. The van der Waals surface area contributed by atoms with Crippen LogP contribution >= 0.6 is 27.3 Å². The van der Waals surface area contributed by atoms with Gasteiger partial charge in [0.1, 0.15) is 0 Å². The Morgan fingerprint density at radius 2 is 2.47 bits per heavy atom. The van der Waals surface area contributed by atoms with Gasteiger partial charge in [-0.15, -0.1) is 11.3 Å². The number of rotatable bonds is 4. The minimum Gasteiger partial charge on any atom is -0.379 e. The lowest BCUT2D eigenvalue weighted by molar-refractivity contribution is -0.125. The third-order valence-corrected chi connectivity index (χ3v) is 4.54. The zero-order valence-electron chi connectivity index (χ0n) is 9.53. The van der Waals surface area contributed by atoms with Crippen molar-refractivity contribution in [2.24, 2.45) is 5.92 Å². The number of likely N-dealkylation sites (N-methyl/N-ethyl adjacent to an activating group) is 1. The van der Waals surface area contributed by atoms with Gasteiger partial charge in [-0.1, -0.05) is 0 Å². The number of hydrogen-bond acceptors (Lipinski definition) is 4. The second-order valence-corrected chi connectivity index (χ2v) is 5.90. The summed E-state index contributed by atoms with van der Waals surface area (Å²) in [5, 5.41) is 8.07. The van der Waals surface area contributed by atoms with Gasteiger partial charge in [-0.05, 0) is 29.0 Å². The molecular weight excluding hydrogens is 304 g/mol. The van der Waals surface area contributed by atoms with Crippen LogP contribution in [0.15, 0.2) is 15.9 Å². The Hall–Kier alpha value is -0.430. The lowest BCUT2D eigenvalue weighted by Crippen LogP contribution is -2.42. The first-order valence-electron chi connectivity index (χ1n) is 5.46. The van der Waals surface area contributed by atoms with Crippen LogP contribution in [0.1, 0.15) is 4.88 Å². The van der Waals surface area contributed by atoms with Gasteiger partial charge in [0.15, 0.2) is 0 Å². The number of carbonyl (C=O) groups is 1. The first-order chi connectivity index (χ1) is 8.20. The van der Waals surface area contributed by atoms with Gasteiger partial charge in [0.25, 0.3) is 0 Å². The molecule has 2 heterocycles. The number of halogens is 1. The zero-order valence-corrected chi connectivity index (χ0v) is 11.9. The maximum Gasteiger partial charge on any atom is 0.227 e. The van der Waals surface area contributed by atoms with Crippen molar-refractivity contribution in [3.8, 4) is 0 Å². The van der Waals surface area contributed by atoms with Crippen LogP contribution in [0, 0.1) is 5.92 Å². The van der Waals surface area contributed by atoms with Crippen molar-refractivity contribution in [2.45, 2.75) is 12.6 Å². The second-order valence-electron chi connectivity index (χ2n) is 3.99. The van der Waals surface area contributed by atoms with E-state index in [1.54, 1.807) is 11.3 Å². The largest absolute Gasteiger partial charge is 0.379 e. The topological polar surface area (TPSA) is 50.4 Å².